The highest BCUT2D eigenvalue weighted by Crippen LogP contribution is 2.42. The molecule has 0 aliphatic carbocycles. The number of rotatable bonds is 28. The van der Waals surface area contributed by atoms with Gasteiger partial charge >= 0.3 is 77.6 Å². The Morgan fingerprint density at radius 3 is 1.07 bits per heavy atom. The van der Waals surface area contributed by atoms with Gasteiger partial charge in [0.25, 0.3) is 8.32 Å². The molecule has 570 valence electrons. The van der Waals surface area contributed by atoms with E-state index in [0.717, 1.165) is 90.0 Å². The second-order valence-electron chi connectivity index (χ2n) is 25.1. The summed E-state index contributed by atoms with van der Waals surface area (Å²) in [5.41, 5.74) is 0. The summed E-state index contributed by atoms with van der Waals surface area (Å²) in [6.07, 6.45) is -42.9. The van der Waals surface area contributed by atoms with Gasteiger partial charge in [-0.15, -0.1) is 0 Å². The Hall–Kier alpha value is -8.59. The van der Waals surface area contributed by atoms with Crippen molar-refractivity contribution >= 4 is 96.3 Å². The van der Waals surface area contributed by atoms with Crippen molar-refractivity contribution in [2.45, 2.75) is 245 Å². The van der Waals surface area contributed by atoms with Gasteiger partial charge in [-0.25, -0.2) is 0 Å². The van der Waals surface area contributed by atoms with Crippen LogP contribution in [0.15, 0.2) is 60.7 Å². The lowest BCUT2D eigenvalue weighted by atomic mass is 9.93. The number of hydrogen-bond donors (Lipinski definition) is 1. The Morgan fingerprint density at radius 2 is 0.680 bits per heavy atom. The molecule has 0 aromatic heterocycles. The molecule has 0 bridgehead atoms. The molecule has 0 spiro atoms. The molecule has 4 aliphatic rings. The van der Waals surface area contributed by atoms with E-state index in [9.17, 15) is 67.4 Å². The monoisotopic (exact) mass is 1480 g/mol. The third-order valence-electron chi connectivity index (χ3n) is 15.8. The van der Waals surface area contributed by atoms with Gasteiger partial charge in [-0.05, 0) is 15.4 Å². The van der Waals surface area contributed by atoms with Gasteiger partial charge < -0.3 is 104 Å². The maximum atomic E-state index is 13.8. The average molecular weight is 1480 g/mol. The fourth-order valence-electron chi connectivity index (χ4n) is 12.3. The molecule has 4 heterocycles. The summed E-state index contributed by atoms with van der Waals surface area (Å²) in [6.45, 7) is 14.9. The van der Waals surface area contributed by atoms with Gasteiger partial charge in [0, 0.05) is 90.0 Å². The lowest BCUT2D eigenvalue weighted by Crippen LogP contribution is -2.71. The van der Waals surface area contributed by atoms with Gasteiger partial charge in [-0.3, -0.25) is 62.3 Å². The highest BCUT2D eigenvalue weighted by molar-refractivity contribution is 6.99. The van der Waals surface area contributed by atoms with Crippen LogP contribution in [0.1, 0.15) is 111 Å². The number of aliphatic hydroxyl groups is 1. The molecule has 2 aromatic carbocycles. The standard InChI is InChI=1S/C67H88O35Si/c1-31(68)82-27-46(86-34(4)71)51-54(88-36(6)73)58(91-39(9)76)62(95-43(13)80)66(101-51)102-55-53(49(96-63(81)59(55)92-40(10)77)30-85-103(67(14,15)16,44-23-19-17-20-24-44)45-25-21-18-22-26-45)100-65-61(94-42(12)79)57(90-38(8)75)52(48(98-65)29-84-33(3)70)99-64-60(93-41(11)78)56(89-37(7)74)50(87-35(5)72)47(97-64)28-83-32(2)69/h17-26,46-66,81H,27-30H2,1-16H3/t46-,47-,48-,49-,50+,51-,52-,53-,54-,55+,56+,57+,58+,59+,60-,61-,62+,63+,64+,65+,66-/m1/s1. The van der Waals surface area contributed by atoms with Gasteiger partial charge in [0.2, 0.25) is 0 Å². The Balaban J connectivity index is 1.68. The van der Waals surface area contributed by atoms with Crippen molar-refractivity contribution in [3.8, 4) is 0 Å². The van der Waals surface area contributed by atoms with Crippen LogP contribution in [-0.4, -0.2) is 246 Å². The SMILES string of the molecule is CC(=O)OC[C@H]1O[C@@H](O[C@H]2[C@H](OC(C)=O)[C@@H](OC(C)=O)[C@H](O[C@H]3[C@H](O[C@H]4O[C@H]([C@@H](COC(C)=O)OC(C)=O)[C@@H](OC(C)=O)[C@H](OC(C)=O)[C@@H]4OC(C)=O)[C@H](OC(C)=O)[C@@H](O)O[C@@H]3CO[Si](c3ccccc3)(c3ccccc3)C(C)(C)C)O[C@@H]2COC(C)=O)[C@H](OC(C)=O)[C@@H](OC(C)=O)[C@H]1OC(C)=O. The molecule has 0 unspecified atom stereocenters. The first-order valence-electron chi connectivity index (χ1n) is 32.5. The Bertz CT molecular complexity index is 3280. The number of ether oxygens (including phenoxy) is 20. The Kier molecular flexibility index (Phi) is 30.1. The van der Waals surface area contributed by atoms with Crippen LogP contribution < -0.4 is 10.4 Å². The maximum absolute atomic E-state index is 13.8. The third-order valence-corrected chi connectivity index (χ3v) is 20.8. The van der Waals surface area contributed by atoms with E-state index in [1.807, 2.05) is 45.0 Å². The predicted octanol–water partition coefficient (Wildman–Crippen LogP) is 0.617. The lowest BCUT2D eigenvalue weighted by Gasteiger charge is -2.52. The molecule has 4 saturated heterocycles. The van der Waals surface area contributed by atoms with Gasteiger partial charge in [0.05, 0.1) is 6.61 Å². The second-order valence-corrected chi connectivity index (χ2v) is 29.4. The van der Waals surface area contributed by atoms with Crippen molar-refractivity contribution in [3.63, 3.8) is 0 Å². The van der Waals surface area contributed by atoms with Crippen LogP contribution in [-0.2, 0) is 161 Å². The average Bonchev–Trinajstić information content (AvgIpc) is 0.750. The fourth-order valence-corrected chi connectivity index (χ4v) is 16.9. The molecule has 1 N–H and O–H groups in total. The molecule has 6 rings (SSSR count). The summed E-state index contributed by atoms with van der Waals surface area (Å²) in [5, 5.41) is 13.0. The number of carbonyl (C=O) groups is 13. The summed E-state index contributed by atoms with van der Waals surface area (Å²) >= 11 is 0. The van der Waals surface area contributed by atoms with Gasteiger partial charge in [-0.2, -0.15) is 0 Å². The van der Waals surface area contributed by atoms with E-state index in [1.54, 1.807) is 36.4 Å². The first-order valence-corrected chi connectivity index (χ1v) is 34.4. The topological polar surface area (TPSA) is 436 Å². The van der Waals surface area contributed by atoms with Crippen LogP contribution in [0.2, 0.25) is 5.04 Å². The zero-order valence-electron chi connectivity index (χ0n) is 59.6. The van der Waals surface area contributed by atoms with Crippen molar-refractivity contribution in [1.29, 1.82) is 0 Å². The molecule has 4 fully saturated rings. The minimum Gasteiger partial charge on any atom is -0.463 e. The van der Waals surface area contributed by atoms with Crippen LogP contribution in [0.4, 0.5) is 0 Å². The number of hydrogen-bond acceptors (Lipinski definition) is 35. The zero-order valence-corrected chi connectivity index (χ0v) is 60.6. The third kappa shape index (κ3) is 22.7. The van der Waals surface area contributed by atoms with Crippen LogP contribution in [0.5, 0.6) is 0 Å². The Labute approximate surface area is 592 Å². The fraction of sp³-hybridized carbons (Fsp3) is 0.627. The molecule has 0 amide bonds. The first-order chi connectivity index (χ1) is 48.3. The van der Waals surface area contributed by atoms with Crippen LogP contribution in [0.25, 0.3) is 0 Å². The van der Waals surface area contributed by atoms with E-state index < -0.39 is 246 Å². The first kappa shape index (κ1) is 83.4. The largest absolute Gasteiger partial charge is 0.463 e. The quantitative estimate of drug-likeness (QED) is 0.0693. The van der Waals surface area contributed by atoms with Gasteiger partial charge in [0.1, 0.15) is 62.5 Å². The minimum absolute atomic E-state index is 0.686. The van der Waals surface area contributed by atoms with Crippen LogP contribution >= 0.6 is 0 Å². The minimum atomic E-state index is -3.79. The number of benzene rings is 2. The molecular formula is C67H88O35Si. The van der Waals surface area contributed by atoms with Crippen molar-refractivity contribution < 1.29 is 167 Å². The normalized spacial score (nSPS) is 29.4. The van der Waals surface area contributed by atoms with Gasteiger partial charge in [0.15, 0.2) is 86.2 Å². The molecule has 4 aliphatic heterocycles. The van der Waals surface area contributed by atoms with Crippen LogP contribution in [0.3, 0.4) is 0 Å². The zero-order chi connectivity index (χ0) is 76.5. The van der Waals surface area contributed by atoms with Crippen molar-refractivity contribution in [2.24, 2.45) is 0 Å². The summed E-state index contributed by atoms with van der Waals surface area (Å²) in [4.78, 5) is 170. The second kappa shape index (κ2) is 37.2. The molecule has 36 heteroatoms. The van der Waals surface area contributed by atoms with E-state index in [0.29, 0.717) is 10.4 Å². The van der Waals surface area contributed by atoms with E-state index in [2.05, 4.69) is 0 Å². The van der Waals surface area contributed by atoms with E-state index >= 15 is 0 Å². The summed E-state index contributed by atoms with van der Waals surface area (Å²) in [6, 6.07) is 18.1. The van der Waals surface area contributed by atoms with Crippen molar-refractivity contribution in [2.75, 3.05) is 26.4 Å². The highest BCUT2D eigenvalue weighted by atomic mass is 28.4. The number of esters is 13. The molecule has 0 radical (unpaired) electrons. The molecular weight excluding hydrogens is 1390 g/mol. The van der Waals surface area contributed by atoms with Gasteiger partial charge in [-0.1, -0.05) is 81.4 Å². The maximum Gasteiger partial charge on any atom is 0.303 e. The van der Waals surface area contributed by atoms with Crippen molar-refractivity contribution in [3.05, 3.63) is 60.7 Å². The Morgan fingerprint density at radius 1 is 0.359 bits per heavy atom. The van der Waals surface area contributed by atoms with E-state index in [4.69, 9.17) is 99.2 Å². The molecule has 21 atom stereocenters. The smallest absolute Gasteiger partial charge is 0.303 e. The summed E-state index contributed by atoms with van der Waals surface area (Å²) in [7, 11) is -3.79. The highest BCUT2D eigenvalue weighted by Gasteiger charge is 2.63. The van der Waals surface area contributed by atoms with Crippen LogP contribution in [0, 0.1) is 0 Å². The summed E-state index contributed by atoms with van der Waals surface area (Å²) < 4.78 is 127. The number of carbonyl (C=O) groups excluding carboxylic acids is 13. The predicted molar refractivity (Wildman–Crippen MR) is 340 cm³/mol. The molecule has 2 aromatic rings. The number of aliphatic hydroxyl groups excluding tert-OH is 1. The molecule has 0 saturated carbocycles. The molecule has 35 nitrogen and oxygen atoms in total. The van der Waals surface area contributed by atoms with E-state index in [1.165, 1.54) is 0 Å². The van der Waals surface area contributed by atoms with E-state index in [-0.39, 0.29) is 0 Å². The lowest BCUT2D eigenvalue weighted by molar-refractivity contribution is -0.394. The molecule has 103 heavy (non-hydrogen) atoms. The van der Waals surface area contributed by atoms with Crippen molar-refractivity contribution in [1.82, 2.24) is 0 Å². The summed E-state index contributed by atoms with van der Waals surface area (Å²) in [5.74, 6) is -13.7.